The van der Waals surface area contributed by atoms with Crippen LogP contribution in [-0.2, 0) is 6.54 Å². The zero-order valence-electron chi connectivity index (χ0n) is 18.1. The van der Waals surface area contributed by atoms with Gasteiger partial charge in [-0.2, -0.15) is 0 Å². The zero-order chi connectivity index (χ0) is 23.1. The molecule has 0 radical (unpaired) electrons. The van der Waals surface area contributed by atoms with Crippen LogP contribution in [0.1, 0.15) is 5.56 Å². The summed E-state index contributed by atoms with van der Waals surface area (Å²) in [7, 11) is 0. The summed E-state index contributed by atoms with van der Waals surface area (Å²) in [5.74, 6) is 0.512. The van der Waals surface area contributed by atoms with Gasteiger partial charge in [0.1, 0.15) is 5.82 Å². The Balaban J connectivity index is 1.59. The molecule has 1 N–H and O–H groups in total. The molecule has 0 fully saturated rings. The molecular formula is C28H19ClN4O. The normalized spacial score (nSPS) is 11.3. The van der Waals surface area contributed by atoms with Crippen molar-refractivity contribution in [1.29, 1.82) is 0 Å². The summed E-state index contributed by atoms with van der Waals surface area (Å²) in [4.78, 5) is 25.2. The van der Waals surface area contributed by atoms with Crippen LogP contribution < -0.4 is 5.56 Å². The van der Waals surface area contributed by atoms with Crippen LogP contribution in [0.4, 0.5) is 0 Å². The average Bonchev–Trinajstić information content (AvgIpc) is 3.24. The maximum absolute atomic E-state index is 13.1. The second-order valence-corrected chi connectivity index (χ2v) is 8.55. The highest BCUT2D eigenvalue weighted by molar-refractivity contribution is 6.35. The predicted octanol–water partition coefficient (Wildman–Crippen LogP) is 6.31. The topological polar surface area (TPSA) is 63.6 Å². The summed E-state index contributed by atoms with van der Waals surface area (Å²) in [5.41, 5.74) is 5.22. The fourth-order valence-electron chi connectivity index (χ4n) is 4.46. The van der Waals surface area contributed by atoms with E-state index in [4.69, 9.17) is 16.6 Å². The van der Waals surface area contributed by atoms with E-state index in [1.165, 1.54) is 0 Å². The average molecular weight is 463 g/mol. The van der Waals surface area contributed by atoms with Crippen molar-refractivity contribution >= 4 is 33.4 Å². The van der Waals surface area contributed by atoms with E-state index in [9.17, 15) is 4.79 Å². The number of fused-ring (bicyclic) bond motifs is 2. The first kappa shape index (κ1) is 20.4. The highest BCUT2D eigenvalue weighted by Gasteiger charge is 2.17. The monoisotopic (exact) mass is 462 g/mol. The first-order chi connectivity index (χ1) is 16.7. The van der Waals surface area contributed by atoms with Gasteiger partial charge < -0.3 is 9.55 Å². The van der Waals surface area contributed by atoms with E-state index in [1.807, 2.05) is 66.9 Å². The molecule has 0 saturated heterocycles. The molecule has 34 heavy (non-hydrogen) atoms. The second-order valence-electron chi connectivity index (χ2n) is 8.14. The van der Waals surface area contributed by atoms with Crippen LogP contribution in [0.5, 0.6) is 0 Å². The van der Waals surface area contributed by atoms with Crippen LogP contribution in [0, 0.1) is 0 Å². The van der Waals surface area contributed by atoms with Gasteiger partial charge in [0, 0.05) is 41.6 Å². The Morgan fingerprint density at radius 3 is 2.41 bits per heavy atom. The SMILES string of the molecule is O=c1[nH]c(-c2cn(Cc3ccccc3)c3c(Cl)cccc23)nc2c(-c3ccncc3)cccc12. The lowest BCUT2D eigenvalue weighted by Gasteiger charge is -2.07. The molecule has 5 nitrogen and oxygen atoms in total. The molecule has 0 aliphatic heterocycles. The van der Waals surface area contributed by atoms with Gasteiger partial charge in [-0.1, -0.05) is 66.2 Å². The molecule has 0 atom stereocenters. The van der Waals surface area contributed by atoms with Crippen molar-refractivity contribution < 1.29 is 0 Å². The van der Waals surface area contributed by atoms with Crippen LogP contribution in [-0.4, -0.2) is 19.5 Å². The number of hydrogen-bond acceptors (Lipinski definition) is 3. The summed E-state index contributed by atoms with van der Waals surface area (Å²) in [6.07, 6.45) is 5.49. The fraction of sp³-hybridized carbons (Fsp3) is 0.0357. The van der Waals surface area contributed by atoms with Crippen LogP contribution in [0.2, 0.25) is 5.02 Å². The minimum atomic E-state index is -0.179. The number of rotatable bonds is 4. The van der Waals surface area contributed by atoms with Gasteiger partial charge in [-0.05, 0) is 35.4 Å². The van der Waals surface area contributed by atoms with E-state index < -0.39 is 0 Å². The van der Waals surface area contributed by atoms with Gasteiger partial charge in [0.25, 0.3) is 5.56 Å². The summed E-state index contributed by atoms with van der Waals surface area (Å²) < 4.78 is 2.11. The number of halogens is 1. The minimum Gasteiger partial charge on any atom is -0.341 e. The van der Waals surface area contributed by atoms with Gasteiger partial charge in [0.05, 0.1) is 21.4 Å². The van der Waals surface area contributed by atoms with Crippen molar-refractivity contribution in [3.8, 4) is 22.5 Å². The van der Waals surface area contributed by atoms with E-state index in [0.717, 1.165) is 33.2 Å². The van der Waals surface area contributed by atoms with Crippen molar-refractivity contribution in [2.75, 3.05) is 0 Å². The molecule has 0 saturated carbocycles. The maximum atomic E-state index is 13.1. The van der Waals surface area contributed by atoms with Crippen LogP contribution >= 0.6 is 11.6 Å². The number of nitrogens with one attached hydrogen (secondary N) is 1. The summed E-state index contributed by atoms with van der Waals surface area (Å²) in [6.45, 7) is 0.654. The number of aromatic nitrogens is 4. The standard InChI is InChI=1S/C28H19ClN4O/c29-24-11-5-9-21-23(17-33(26(21)24)16-18-6-2-1-3-7-18)27-31-25-20(19-12-14-30-15-13-19)8-4-10-22(25)28(34)32-27/h1-15,17H,16H2,(H,31,32,34). The van der Waals surface area contributed by atoms with Crippen molar-refractivity contribution in [2.24, 2.45) is 0 Å². The smallest absolute Gasteiger partial charge is 0.259 e. The predicted molar refractivity (Wildman–Crippen MR) is 137 cm³/mol. The van der Waals surface area contributed by atoms with Gasteiger partial charge in [0.2, 0.25) is 0 Å². The van der Waals surface area contributed by atoms with Crippen molar-refractivity contribution in [3.05, 3.63) is 118 Å². The number of aromatic amines is 1. The zero-order valence-corrected chi connectivity index (χ0v) is 18.8. The Hall–Kier alpha value is -4.22. The van der Waals surface area contributed by atoms with Gasteiger partial charge >= 0.3 is 0 Å². The van der Waals surface area contributed by atoms with Crippen LogP contribution in [0.3, 0.4) is 0 Å². The minimum absolute atomic E-state index is 0.179. The molecule has 6 heteroatoms. The molecule has 0 unspecified atom stereocenters. The quantitative estimate of drug-likeness (QED) is 0.334. The molecule has 0 aliphatic rings. The van der Waals surface area contributed by atoms with Crippen molar-refractivity contribution in [1.82, 2.24) is 19.5 Å². The molecule has 0 bridgehead atoms. The molecular weight excluding hydrogens is 444 g/mol. The van der Waals surface area contributed by atoms with Crippen LogP contribution in [0.25, 0.3) is 44.3 Å². The number of benzene rings is 3. The lowest BCUT2D eigenvalue weighted by Crippen LogP contribution is -2.10. The third kappa shape index (κ3) is 3.47. The fourth-order valence-corrected chi connectivity index (χ4v) is 4.74. The molecule has 6 rings (SSSR count). The van der Waals surface area contributed by atoms with Crippen molar-refractivity contribution in [2.45, 2.75) is 6.54 Å². The molecule has 3 heterocycles. The highest BCUT2D eigenvalue weighted by Crippen LogP contribution is 2.34. The van der Waals surface area contributed by atoms with Gasteiger partial charge in [0.15, 0.2) is 0 Å². The molecule has 6 aromatic rings. The largest absolute Gasteiger partial charge is 0.341 e. The Labute approximate surface area is 200 Å². The Bertz CT molecular complexity index is 1710. The summed E-state index contributed by atoms with van der Waals surface area (Å²) in [6, 6.07) is 25.5. The van der Waals surface area contributed by atoms with E-state index in [-0.39, 0.29) is 5.56 Å². The Kier molecular flexibility index (Phi) is 4.97. The Morgan fingerprint density at radius 2 is 1.59 bits per heavy atom. The molecule has 164 valence electrons. The third-order valence-corrected chi connectivity index (χ3v) is 6.33. The number of pyridine rings is 1. The van der Waals surface area contributed by atoms with E-state index >= 15 is 0 Å². The van der Waals surface area contributed by atoms with E-state index in [1.54, 1.807) is 18.5 Å². The number of H-pyrrole nitrogens is 1. The van der Waals surface area contributed by atoms with Gasteiger partial charge in [-0.25, -0.2) is 4.98 Å². The number of nitrogens with zero attached hydrogens (tertiary/aromatic N) is 3. The lowest BCUT2D eigenvalue weighted by atomic mass is 10.0. The molecule has 0 aliphatic carbocycles. The van der Waals surface area contributed by atoms with E-state index in [0.29, 0.717) is 28.3 Å². The summed E-state index contributed by atoms with van der Waals surface area (Å²) >= 11 is 6.64. The van der Waals surface area contributed by atoms with Crippen molar-refractivity contribution in [3.63, 3.8) is 0 Å². The number of hydrogen-bond donors (Lipinski definition) is 1. The molecule has 0 amide bonds. The summed E-state index contributed by atoms with van der Waals surface area (Å²) in [5, 5.41) is 2.14. The van der Waals surface area contributed by atoms with Crippen LogP contribution in [0.15, 0.2) is 102 Å². The second kappa shape index (κ2) is 8.28. The Morgan fingerprint density at radius 1 is 0.824 bits per heavy atom. The lowest BCUT2D eigenvalue weighted by molar-refractivity contribution is 0.837. The maximum Gasteiger partial charge on any atom is 0.259 e. The molecule has 0 spiro atoms. The van der Waals surface area contributed by atoms with Gasteiger partial charge in [-0.15, -0.1) is 0 Å². The number of para-hydroxylation sites is 2. The van der Waals surface area contributed by atoms with Gasteiger partial charge in [-0.3, -0.25) is 9.78 Å². The first-order valence-electron chi connectivity index (χ1n) is 10.9. The molecule has 3 aromatic carbocycles. The molecule has 3 aromatic heterocycles. The third-order valence-electron chi connectivity index (χ3n) is 6.03. The first-order valence-corrected chi connectivity index (χ1v) is 11.3. The highest BCUT2D eigenvalue weighted by atomic mass is 35.5. The van der Waals surface area contributed by atoms with E-state index in [2.05, 4.69) is 26.7 Å².